The SMILES string of the molecule is CC(=O)N(C)CCNC(=O)Cc1nccc2nn(Cc3cnc(OCC(F)(F)F)c(C)c3)cc12. The second-order valence-corrected chi connectivity index (χ2v) is 7.85. The zero-order chi connectivity index (χ0) is 24.9. The molecule has 34 heavy (non-hydrogen) atoms. The summed E-state index contributed by atoms with van der Waals surface area (Å²) in [5.74, 6) is -0.375. The Morgan fingerprint density at radius 1 is 1.26 bits per heavy atom. The van der Waals surface area contributed by atoms with Gasteiger partial charge in [-0.3, -0.25) is 19.3 Å². The molecule has 0 saturated heterocycles. The Morgan fingerprint density at radius 2 is 2.03 bits per heavy atom. The fourth-order valence-electron chi connectivity index (χ4n) is 3.20. The number of carbonyl (C=O) groups excluding carboxylic acids is 2. The summed E-state index contributed by atoms with van der Waals surface area (Å²) in [6, 6.07) is 3.42. The summed E-state index contributed by atoms with van der Waals surface area (Å²) in [7, 11) is 1.66. The van der Waals surface area contributed by atoms with E-state index in [1.54, 1.807) is 43.2 Å². The molecular formula is C22H25F3N6O3. The molecule has 0 bridgehead atoms. The molecule has 0 spiro atoms. The first-order valence-corrected chi connectivity index (χ1v) is 10.5. The molecule has 3 aromatic rings. The summed E-state index contributed by atoms with van der Waals surface area (Å²) >= 11 is 0. The molecule has 0 aliphatic rings. The molecule has 0 atom stereocenters. The number of carbonyl (C=O) groups is 2. The molecule has 12 heteroatoms. The van der Waals surface area contributed by atoms with Crippen molar-refractivity contribution in [2.75, 3.05) is 26.7 Å². The highest BCUT2D eigenvalue weighted by molar-refractivity contribution is 5.86. The van der Waals surface area contributed by atoms with Gasteiger partial charge >= 0.3 is 6.18 Å². The number of ether oxygens (including phenoxy) is 1. The lowest BCUT2D eigenvalue weighted by Crippen LogP contribution is -2.35. The molecule has 9 nitrogen and oxygen atoms in total. The van der Waals surface area contributed by atoms with Crippen LogP contribution in [-0.2, 0) is 22.6 Å². The molecule has 0 unspecified atom stereocenters. The lowest BCUT2D eigenvalue weighted by Gasteiger charge is -2.14. The number of halogens is 3. The van der Waals surface area contributed by atoms with Gasteiger partial charge in [0, 0.05) is 56.6 Å². The van der Waals surface area contributed by atoms with Gasteiger partial charge in [0.1, 0.15) is 0 Å². The monoisotopic (exact) mass is 478 g/mol. The average molecular weight is 478 g/mol. The van der Waals surface area contributed by atoms with Crippen LogP contribution in [0.4, 0.5) is 13.2 Å². The number of likely N-dealkylation sites (N-methyl/N-ethyl adjacent to an activating group) is 1. The lowest BCUT2D eigenvalue weighted by atomic mass is 10.2. The van der Waals surface area contributed by atoms with E-state index >= 15 is 0 Å². The first kappa shape index (κ1) is 24.9. The normalized spacial score (nSPS) is 11.5. The van der Waals surface area contributed by atoms with Crippen molar-refractivity contribution in [3.63, 3.8) is 0 Å². The van der Waals surface area contributed by atoms with Gasteiger partial charge in [-0.05, 0) is 24.6 Å². The summed E-state index contributed by atoms with van der Waals surface area (Å²) in [5, 5.41) is 7.98. The van der Waals surface area contributed by atoms with Gasteiger partial charge in [0.15, 0.2) is 6.61 Å². The van der Waals surface area contributed by atoms with Crippen molar-refractivity contribution in [1.82, 2.24) is 30.0 Å². The third-order valence-corrected chi connectivity index (χ3v) is 5.00. The van der Waals surface area contributed by atoms with Crippen molar-refractivity contribution in [1.29, 1.82) is 0 Å². The molecule has 182 valence electrons. The Hall–Kier alpha value is -3.70. The maximum absolute atomic E-state index is 12.4. The molecule has 0 radical (unpaired) electrons. The number of alkyl halides is 3. The van der Waals surface area contributed by atoms with Crippen molar-refractivity contribution in [3.05, 3.63) is 47.5 Å². The number of nitrogens with zero attached hydrogens (tertiary/aromatic N) is 5. The summed E-state index contributed by atoms with van der Waals surface area (Å²) in [6.07, 6.45) is 0.395. The zero-order valence-electron chi connectivity index (χ0n) is 19.0. The van der Waals surface area contributed by atoms with E-state index in [1.807, 2.05) is 0 Å². The molecule has 0 aliphatic carbocycles. The zero-order valence-corrected chi connectivity index (χ0v) is 19.0. The highest BCUT2D eigenvalue weighted by atomic mass is 19.4. The fourth-order valence-corrected chi connectivity index (χ4v) is 3.20. The largest absolute Gasteiger partial charge is 0.468 e. The Labute approximate surface area is 193 Å². The molecule has 0 aromatic carbocycles. The summed E-state index contributed by atoms with van der Waals surface area (Å²) in [4.78, 5) is 33.4. The van der Waals surface area contributed by atoms with Gasteiger partial charge in [-0.2, -0.15) is 18.3 Å². The number of pyridine rings is 2. The van der Waals surface area contributed by atoms with Crippen LogP contribution in [0.15, 0.2) is 30.7 Å². The molecule has 0 saturated carbocycles. The second-order valence-electron chi connectivity index (χ2n) is 7.85. The van der Waals surface area contributed by atoms with Crippen molar-refractivity contribution < 1.29 is 27.5 Å². The number of aromatic nitrogens is 4. The third-order valence-electron chi connectivity index (χ3n) is 5.00. The smallest absolute Gasteiger partial charge is 0.422 e. The average Bonchev–Trinajstić information content (AvgIpc) is 3.15. The van der Waals surface area contributed by atoms with E-state index in [0.29, 0.717) is 41.8 Å². The standard InChI is InChI=1S/C22H25F3N6O3/c1-14-8-16(10-28-21(14)34-13-22(23,24)25)11-31-12-17-18(29-31)4-5-26-19(17)9-20(33)27-6-7-30(3)15(2)32/h4-5,8,10,12H,6-7,9,11,13H2,1-3H3,(H,27,33). The van der Waals surface area contributed by atoms with Gasteiger partial charge in [-0.1, -0.05) is 0 Å². The highest BCUT2D eigenvalue weighted by Gasteiger charge is 2.29. The second kappa shape index (κ2) is 10.5. The van der Waals surface area contributed by atoms with Crippen LogP contribution in [0.1, 0.15) is 23.7 Å². The molecule has 3 aromatic heterocycles. The number of nitrogens with one attached hydrogen (secondary N) is 1. The maximum Gasteiger partial charge on any atom is 0.422 e. The molecule has 2 amide bonds. The summed E-state index contributed by atoms with van der Waals surface area (Å²) in [5.41, 5.74) is 2.43. The Bertz CT molecular complexity index is 1180. The number of fused-ring (bicyclic) bond motifs is 1. The topological polar surface area (TPSA) is 102 Å². The lowest BCUT2D eigenvalue weighted by molar-refractivity contribution is -0.154. The Balaban J connectivity index is 1.66. The van der Waals surface area contributed by atoms with Crippen LogP contribution in [0.2, 0.25) is 0 Å². The first-order chi connectivity index (χ1) is 16.0. The van der Waals surface area contributed by atoms with E-state index in [4.69, 9.17) is 4.74 Å². The number of rotatable bonds is 9. The predicted molar refractivity (Wildman–Crippen MR) is 117 cm³/mol. The van der Waals surface area contributed by atoms with E-state index in [9.17, 15) is 22.8 Å². The maximum atomic E-state index is 12.4. The first-order valence-electron chi connectivity index (χ1n) is 10.5. The van der Waals surface area contributed by atoms with E-state index in [-0.39, 0.29) is 24.1 Å². The fraction of sp³-hybridized carbons (Fsp3) is 0.409. The van der Waals surface area contributed by atoms with Crippen LogP contribution in [0.3, 0.4) is 0 Å². The van der Waals surface area contributed by atoms with Crippen LogP contribution >= 0.6 is 0 Å². The molecular weight excluding hydrogens is 453 g/mol. The Kier molecular flexibility index (Phi) is 7.69. The van der Waals surface area contributed by atoms with Crippen molar-refractivity contribution in [3.8, 4) is 5.88 Å². The van der Waals surface area contributed by atoms with E-state index in [0.717, 1.165) is 5.56 Å². The molecule has 3 rings (SSSR count). The van der Waals surface area contributed by atoms with Crippen molar-refractivity contribution in [2.45, 2.75) is 33.0 Å². The van der Waals surface area contributed by atoms with Gasteiger partial charge in [0.05, 0.1) is 24.2 Å². The van der Waals surface area contributed by atoms with Crippen LogP contribution in [0.25, 0.3) is 10.9 Å². The number of hydrogen-bond donors (Lipinski definition) is 1. The molecule has 3 heterocycles. The Morgan fingerprint density at radius 3 is 2.71 bits per heavy atom. The molecule has 0 aliphatic heterocycles. The van der Waals surface area contributed by atoms with Gasteiger partial charge in [-0.25, -0.2) is 4.98 Å². The minimum absolute atomic E-state index is 0.0543. The van der Waals surface area contributed by atoms with Crippen LogP contribution in [0.5, 0.6) is 5.88 Å². The van der Waals surface area contributed by atoms with Gasteiger partial charge in [-0.15, -0.1) is 0 Å². The molecule has 1 N–H and O–H groups in total. The van der Waals surface area contributed by atoms with Crippen molar-refractivity contribution in [2.24, 2.45) is 0 Å². The van der Waals surface area contributed by atoms with Gasteiger partial charge in [0.2, 0.25) is 17.7 Å². The van der Waals surface area contributed by atoms with Crippen LogP contribution in [-0.4, -0.2) is 69.4 Å². The highest BCUT2D eigenvalue weighted by Crippen LogP contribution is 2.21. The van der Waals surface area contributed by atoms with Crippen LogP contribution in [0, 0.1) is 6.92 Å². The van der Waals surface area contributed by atoms with Crippen LogP contribution < -0.4 is 10.1 Å². The van der Waals surface area contributed by atoms with Gasteiger partial charge in [0.25, 0.3) is 0 Å². The minimum atomic E-state index is -4.44. The minimum Gasteiger partial charge on any atom is -0.468 e. The van der Waals surface area contributed by atoms with E-state index < -0.39 is 12.8 Å². The number of hydrogen-bond acceptors (Lipinski definition) is 6. The quantitative estimate of drug-likeness (QED) is 0.506. The van der Waals surface area contributed by atoms with Crippen molar-refractivity contribution >= 4 is 22.7 Å². The van der Waals surface area contributed by atoms with E-state index in [1.165, 1.54) is 18.0 Å². The van der Waals surface area contributed by atoms with E-state index in [2.05, 4.69) is 20.4 Å². The predicted octanol–water partition coefficient (Wildman–Crippen LogP) is 2.26. The number of amides is 2. The third kappa shape index (κ3) is 6.90. The van der Waals surface area contributed by atoms with Gasteiger partial charge < -0.3 is 15.0 Å². The number of aryl methyl sites for hydroxylation is 1. The summed E-state index contributed by atoms with van der Waals surface area (Å²) < 4.78 is 43.5. The molecule has 0 fully saturated rings. The summed E-state index contributed by atoms with van der Waals surface area (Å²) in [6.45, 7) is 2.74.